The van der Waals surface area contributed by atoms with Crippen molar-refractivity contribution in [2.24, 2.45) is 0 Å². The van der Waals surface area contributed by atoms with Crippen molar-refractivity contribution < 1.29 is 14.7 Å². The molecule has 4 rings (SSSR count). The van der Waals surface area contributed by atoms with Crippen LogP contribution in [0.25, 0.3) is 10.6 Å². The van der Waals surface area contributed by atoms with Gasteiger partial charge in [-0.2, -0.15) is 4.37 Å². The molecule has 2 aliphatic carbocycles. The predicted molar refractivity (Wildman–Crippen MR) is 102 cm³/mol. The normalized spacial score (nSPS) is 17.2. The van der Waals surface area contributed by atoms with Gasteiger partial charge in [-0.1, -0.05) is 0 Å². The largest absolute Gasteiger partial charge is 0.478 e. The Morgan fingerprint density at radius 3 is 2.62 bits per heavy atom. The van der Waals surface area contributed by atoms with Crippen molar-refractivity contribution in [3.63, 3.8) is 0 Å². The highest BCUT2D eigenvalue weighted by atomic mass is 32.1. The van der Waals surface area contributed by atoms with Gasteiger partial charge in [0.05, 0.1) is 0 Å². The first-order valence-corrected chi connectivity index (χ1v) is 10.5. The first-order chi connectivity index (χ1) is 12.5. The van der Waals surface area contributed by atoms with Gasteiger partial charge < -0.3 is 5.11 Å². The summed E-state index contributed by atoms with van der Waals surface area (Å²) in [6.45, 7) is 4.11. The molecule has 2 aliphatic rings. The van der Waals surface area contributed by atoms with E-state index in [0.29, 0.717) is 29.9 Å². The number of rotatable bonds is 6. The average Bonchev–Trinajstić information content (AvgIpc) is 3.04. The minimum Gasteiger partial charge on any atom is -0.478 e. The van der Waals surface area contributed by atoms with Gasteiger partial charge in [0.15, 0.2) is 5.78 Å². The fourth-order valence-corrected chi connectivity index (χ4v) is 5.60. The quantitative estimate of drug-likeness (QED) is 0.791. The zero-order valence-electron chi connectivity index (χ0n) is 14.8. The monoisotopic (exact) mass is 388 g/mol. The Morgan fingerprint density at radius 1 is 1.19 bits per heavy atom. The lowest BCUT2D eigenvalue weighted by Crippen LogP contribution is -2.10. The van der Waals surface area contributed by atoms with Crippen LogP contribution in [0.5, 0.6) is 0 Å². The number of nitrogens with zero attached hydrogens (tertiary/aromatic N) is 2. The van der Waals surface area contributed by atoms with Crippen LogP contribution < -0.4 is 0 Å². The summed E-state index contributed by atoms with van der Waals surface area (Å²) in [6.07, 6.45) is 4.39. The van der Waals surface area contributed by atoms with Crippen LogP contribution in [0.15, 0.2) is 11.1 Å². The summed E-state index contributed by atoms with van der Waals surface area (Å²) in [7, 11) is 0. The number of carbonyl (C=O) groups is 2. The van der Waals surface area contributed by atoms with Crippen LogP contribution in [-0.4, -0.2) is 26.2 Å². The molecule has 26 heavy (non-hydrogen) atoms. The van der Waals surface area contributed by atoms with Gasteiger partial charge >= 0.3 is 5.97 Å². The van der Waals surface area contributed by atoms with Crippen LogP contribution in [0.3, 0.4) is 0 Å². The Kier molecular flexibility index (Phi) is 4.52. The van der Waals surface area contributed by atoms with E-state index in [-0.39, 0.29) is 12.2 Å². The van der Waals surface area contributed by atoms with Crippen LogP contribution >= 0.6 is 22.9 Å². The summed E-state index contributed by atoms with van der Waals surface area (Å²) in [5, 5.41) is 10.2. The molecule has 0 saturated heterocycles. The second kappa shape index (κ2) is 6.70. The number of carboxylic acids is 1. The number of Topliss-reactive ketones (excluding diaryl/α,β-unsaturated/α-hetero) is 1. The Balaban J connectivity index is 1.66. The first kappa shape index (κ1) is 17.5. The van der Waals surface area contributed by atoms with Crippen molar-refractivity contribution in [3.8, 4) is 10.6 Å². The highest BCUT2D eigenvalue weighted by Crippen LogP contribution is 2.42. The van der Waals surface area contributed by atoms with Crippen molar-refractivity contribution in [3.05, 3.63) is 32.3 Å². The summed E-state index contributed by atoms with van der Waals surface area (Å²) in [5.74, 6) is 0.418. The fourth-order valence-electron chi connectivity index (χ4n) is 3.49. The molecule has 5 nitrogen and oxygen atoms in total. The van der Waals surface area contributed by atoms with Crippen molar-refractivity contribution in [2.75, 3.05) is 0 Å². The number of carboxylic acid groups (broad SMARTS) is 1. The third kappa shape index (κ3) is 3.14. The number of allylic oxidation sites excluding steroid dienone is 1. The van der Waals surface area contributed by atoms with E-state index < -0.39 is 5.97 Å². The standard InChI is InChI=1S/C19H20N2O3S2/c1-9-10(2)25-15(8-14(22)12-4-3-5-13(12)19(23)24)16(9)18-20-17(21-26-18)11-6-7-11/h11H,3-8H2,1-2H3,(H,23,24). The zero-order valence-corrected chi connectivity index (χ0v) is 16.4. The molecule has 0 aliphatic heterocycles. The lowest BCUT2D eigenvalue weighted by molar-refractivity contribution is -0.133. The molecule has 0 radical (unpaired) electrons. The van der Waals surface area contributed by atoms with Crippen LogP contribution in [0, 0.1) is 13.8 Å². The maximum atomic E-state index is 12.8. The Labute approximate surface area is 160 Å². The van der Waals surface area contributed by atoms with Gasteiger partial charge in [0.1, 0.15) is 10.8 Å². The minimum atomic E-state index is -0.956. The molecule has 1 fully saturated rings. The molecule has 2 aromatic heterocycles. The van der Waals surface area contributed by atoms with Crippen LogP contribution in [0.1, 0.15) is 59.2 Å². The molecule has 7 heteroatoms. The molecule has 0 unspecified atom stereocenters. The molecule has 2 heterocycles. The third-order valence-electron chi connectivity index (χ3n) is 5.19. The second-order valence-corrected chi connectivity index (χ2v) is 9.09. The van der Waals surface area contributed by atoms with Gasteiger partial charge in [-0.15, -0.1) is 11.3 Å². The molecule has 0 amide bonds. The van der Waals surface area contributed by atoms with E-state index in [1.54, 1.807) is 11.3 Å². The summed E-state index contributed by atoms with van der Waals surface area (Å²) >= 11 is 3.02. The summed E-state index contributed by atoms with van der Waals surface area (Å²) in [4.78, 5) is 31.0. The van der Waals surface area contributed by atoms with E-state index >= 15 is 0 Å². The molecule has 2 aromatic rings. The maximum Gasteiger partial charge on any atom is 0.331 e. The molecular weight excluding hydrogens is 368 g/mol. The van der Waals surface area contributed by atoms with Gasteiger partial charge in [-0.25, -0.2) is 9.78 Å². The summed E-state index contributed by atoms with van der Waals surface area (Å²) in [6, 6.07) is 0. The Hall–Kier alpha value is -1.86. The van der Waals surface area contributed by atoms with E-state index in [2.05, 4.69) is 18.2 Å². The lowest BCUT2D eigenvalue weighted by Gasteiger charge is -2.05. The average molecular weight is 389 g/mol. The predicted octanol–water partition coefficient (Wildman–Crippen LogP) is 4.44. The zero-order chi connectivity index (χ0) is 18.4. The molecule has 0 bridgehead atoms. The number of thiophene rings is 1. The van der Waals surface area contributed by atoms with Crippen molar-refractivity contribution >= 4 is 34.6 Å². The molecule has 0 spiro atoms. The highest BCUT2D eigenvalue weighted by molar-refractivity contribution is 7.14. The van der Waals surface area contributed by atoms with Crippen LogP contribution in [0.2, 0.25) is 0 Å². The molecule has 0 aromatic carbocycles. The summed E-state index contributed by atoms with van der Waals surface area (Å²) in [5.41, 5.74) is 2.98. The van der Waals surface area contributed by atoms with Crippen LogP contribution in [-0.2, 0) is 16.0 Å². The van der Waals surface area contributed by atoms with Gasteiger partial charge in [0.25, 0.3) is 0 Å². The Bertz CT molecular complexity index is 935. The number of hydrogen-bond donors (Lipinski definition) is 1. The van der Waals surface area contributed by atoms with Gasteiger partial charge in [0, 0.05) is 38.8 Å². The van der Waals surface area contributed by atoms with E-state index in [1.807, 2.05) is 0 Å². The smallest absolute Gasteiger partial charge is 0.331 e. The first-order valence-electron chi connectivity index (χ1n) is 8.87. The Morgan fingerprint density at radius 2 is 1.92 bits per heavy atom. The highest BCUT2D eigenvalue weighted by Gasteiger charge is 2.30. The second-order valence-electron chi connectivity index (χ2n) is 7.03. The van der Waals surface area contributed by atoms with E-state index in [1.165, 1.54) is 16.4 Å². The van der Waals surface area contributed by atoms with E-state index in [4.69, 9.17) is 4.98 Å². The molecule has 1 N–H and O–H groups in total. The van der Waals surface area contributed by atoms with Gasteiger partial charge in [-0.3, -0.25) is 4.79 Å². The molecule has 136 valence electrons. The van der Waals surface area contributed by atoms with Crippen LogP contribution in [0.4, 0.5) is 0 Å². The summed E-state index contributed by atoms with van der Waals surface area (Å²) < 4.78 is 4.50. The SMILES string of the molecule is Cc1sc(CC(=O)C2=C(C(=O)O)CCC2)c(-c2nc(C3CC3)ns2)c1C. The number of hydrogen-bond acceptors (Lipinski definition) is 6. The van der Waals surface area contributed by atoms with Crippen molar-refractivity contribution in [2.45, 2.75) is 58.3 Å². The topological polar surface area (TPSA) is 80.2 Å². The maximum absolute atomic E-state index is 12.8. The third-order valence-corrected chi connectivity index (χ3v) is 7.14. The number of carbonyl (C=O) groups excluding carboxylic acids is 1. The van der Waals surface area contributed by atoms with Gasteiger partial charge in [0.2, 0.25) is 0 Å². The fraction of sp³-hybridized carbons (Fsp3) is 0.474. The van der Waals surface area contributed by atoms with Crippen molar-refractivity contribution in [1.82, 2.24) is 9.36 Å². The molecule has 0 atom stereocenters. The molecular formula is C19H20N2O3S2. The number of aromatic nitrogens is 2. The number of aliphatic carboxylic acids is 1. The van der Waals surface area contributed by atoms with Crippen molar-refractivity contribution in [1.29, 1.82) is 0 Å². The van der Waals surface area contributed by atoms with Gasteiger partial charge in [-0.05, 0) is 63.0 Å². The molecule has 1 saturated carbocycles. The minimum absolute atomic E-state index is 0.0608. The number of aryl methyl sites for hydroxylation is 1. The number of ketones is 1. The van der Waals surface area contributed by atoms with E-state index in [0.717, 1.165) is 46.1 Å². The van der Waals surface area contributed by atoms with E-state index in [9.17, 15) is 14.7 Å². The lowest BCUT2D eigenvalue weighted by atomic mass is 10.0.